The fraction of sp³-hybridized carbons (Fsp3) is 0.500. The van der Waals surface area contributed by atoms with Crippen molar-refractivity contribution in [2.45, 2.75) is 40.2 Å². The van der Waals surface area contributed by atoms with Crippen LogP contribution in [0.15, 0.2) is 23.0 Å². The Morgan fingerprint density at radius 2 is 2.09 bits per heavy atom. The van der Waals surface area contributed by atoms with E-state index in [0.29, 0.717) is 0 Å². The summed E-state index contributed by atoms with van der Waals surface area (Å²) >= 11 is 1.32. The molecule has 0 bridgehead atoms. The largest absolute Gasteiger partial charge is 0.496 e. The summed E-state index contributed by atoms with van der Waals surface area (Å²) in [4.78, 5) is 18.4. The molecule has 0 spiro atoms. The number of hydrogen-bond donors (Lipinski definition) is 1. The lowest BCUT2D eigenvalue weighted by atomic mass is 10.1. The fourth-order valence-electron chi connectivity index (χ4n) is 2.67. The first kappa shape index (κ1) is 17.8. The van der Waals surface area contributed by atoms with Crippen LogP contribution in [0.2, 0.25) is 0 Å². The predicted molar refractivity (Wildman–Crippen MR) is 97.5 cm³/mol. The molecule has 0 atom stereocenters. The van der Waals surface area contributed by atoms with Gasteiger partial charge in [-0.2, -0.15) is 0 Å². The number of nitrogens with zero attached hydrogens (tertiary/aromatic N) is 1. The van der Waals surface area contributed by atoms with Gasteiger partial charge in [-0.15, -0.1) is 0 Å². The Morgan fingerprint density at radius 3 is 2.70 bits per heavy atom. The van der Waals surface area contributed by atoms with Crippen LogP contribution in [0.1, 0.15) is 37.1 Å². The molecule has 4 nitrogen and oxygen atoms in total. The molecule has 0 amide bonds. The molecule has 1 N–H and O–H groups in total. The van der Waals surface area contributed by atoms with Crippen molar-refractivity contribution in [2.75, 3.05) is 20.2 Å². The third-order valence-corrected chi connectivity index (χ3v) is 4.91. The van der Waals surface area contributed by atoms with Gasteiger partial charge >= 0.3 is 4.87 Å². The molecule has 5 heteroatoms. The molecule has 0 fully saturated rings. The lowest BCUT2D eigenvalue weighted by Gasteiger charge is -2.19. The maximum Gasteiger partial charge on any atom is 0.305 e. The number of aryl methyl sites for hydroxylation is 1. The molecular formula is C18H26N2O2S. The number of unbranched alkanes of at least 4 members (excludes halogenated alkanes) is 1. The first-order valence-corrected chi connectivity index (χ1v) is 9.00. The summed E-state index contributed by atoms with van der Waals surface area (Å²) in [5.41, 5.74) is 3.06. The Hall–Kier alpha value is -1.59. The van der Waals surface area contributed by atoms with Gasteiger partial charge in [-0.05, 0) is 55.8 Å². The Bertz CT molecular complexity index is 691. The molecule has 1 aromatic carbocycles. The minimum Gasteiger partial charge on any atom is -0.496 e. The third-order valence-electron chi connectivity index (χ3n) is 4.05. The first-order valence-electron chi connectivity index (χ1n) is 8.18. The average molecular weight is 334 g/mol. The van der Waals surface area contributed by atoms with E-state index in [1.54, 1.807) is 7.11 Å². The van der Waals surface area contributed by atoms with Gasteiger partial charge in [0.1, 0.15) is 5.75 Å². The summed E-state index contributed by atoms with van der Waals surface area (Å²) in [6.07, 6.45) is 2.37. The van der Waals surface area contributed by atoms with Gasteiger partial charge in [0.05, 0.1) is 12.8 Å². The average Bonchev–Trinajstić information content (AvgIpc) is 2.91. The number of methoxy groups -OCH3 is 1. The van der Waals surface area contributed by atoms with Crippen molar-refractivity contribution >= 4 is 11.3 Å². The number of benzene rings is 1. The zero-order chi connectivity index (χ0) is 16.8. The second kappa shape index (κ2) is 8.31. The lowest BCUT2D eigenvalue weighted by Crippen LogP contribution is -2.23. The summed E-state index contributed by atoms with van der Waals surface area (Å²) in [7, 11) is 1.67. The van der Waals surface area contributed by atoms with E-state index in [4.69, 9.17) is 4.74 Å². The van der Waals surface area contributed by atoms with E-state index in [9.17, 15) is 4.79 Å². The molecule has 0 saturated carbocycles. The van der Waals surface area contributed by atoms with Gasteiger partial charge in [0.15, 0.2) is 0 Å². The molecule has 126 valence electrons. The van der Waals surface area contributed by atoms with E-state index in [-0.39, 0.29) is 4.87 Å². The van der Waals surface area contributed by atoms with Crippen molar-refractivity contribution in [2.24, 2.45) is 0 Å². The number of aromatic amines is 1. The highest BCUT2D eigenvalue weighted by Gasteiger charge is 2.14. The minimum absolute atomic E-state index is 0.00927. The molecule has 0 aliphatic heterocycles. The minimum atomic E-state index is 0.00927. The summed E-state index contributed by atoms with van der Waals surface area (Å²) in [5.74, 6) is 0.867. The van der Waals surface area contributed by atoms with Crippen molar-refractivity contribution in [1.29, 1.82) is 0 Å². The van der Waals surface area contributed by atoms with E-state index in [2.05, 4.69) is 29.8 Å². The number of ether oxygens (including phenoxy) is 1. The second-order valence-electron chi connectivity index (χ2n) is 5.72. The monoisotopic (exact) mass is 334 g/mol. The smallest absolute Gasteiger partial charge is 0.305 e. The van der Waals surface area contributed by atoms with Crippen molar-refractivity contribution < 1.29 is 4.74 Å². The molecule has 0 unspecified atom stereocenters. The van der Waals surface area contributed by atoms with Crippen molar-refractivity contribution in [3.63, 3.8) is 0 Å². The molecule has 0 saturated heterocycles. The quantitative estimate of drug-likeness (QED) is 0.792. The highest BCUT2D eigenvalue weighted by Crippen LogP contribution is 2.28. The Balaban J connectivity index is 2.29. The third kappa shape index (κ3) is 4.45. The molecular weight excluding hydrogens is 308 g/mol. The summed E-state index contributed by atoms with van der Waals surface area (Å²) < 4.78 is 5.32. The van der Waals surface area contributed by atoms with Gasteiger partial charge in [-0.25, -0.2) is 0 Å². The van der Waals surface area contributed by atoms with Crippen LogP contribution >= 0.6 is 11.3 Å². The maximum atomic E-state index is 11.9. The molecule has 0 radical (unpaired) electrons. The van der Waals surface area contributed by atoms with Gasteiger partial charge in [-0.3, -0.25) is 9.69 Å². The van der Waals surface area contributed by atoms with Gasteiger partial charge in [-0.1, -0.05) is 31.6 Å². The Morgan fingerprint density at radius 1 is 1.30 bits per heavy atom. The molecule has 0 aliphatic carbocycles. The van der Waals surface area contributed by atoms with Crippen LogP contribution in [0, 0.1) is 6.92 Å². The zero-order valence-electron chi connectivity index (χ0n) is 14.4. The van der Waals surface area contributed by atoms with E-state index < -0.39 is 0 Å². The molecule has 23 heavy (non-hydrogen) atoms. The summed E-state index contributed by atoms with van der Waals surface area (Å²) in [6, 6.07) is 6.04. The number of aromatic nitrogens is 1. The van der Waals surface area contributed by atoms with Crippen molar-refractivity contribution in [3.05, 3.63) is 38.3 Å². The summed E-state index contributed by atoms with van der Waals surface area (Å²) in [6.45, 7) is 9.27. The van der Waals surface area contributed by atoms with Crippen LogP contribution < -0.4 is 9.61 Å². The maximum absolute atomic E-state index is 11.9. The van der Waals surface area contributed by atoms with Crippen LogP contribution in [0.5, 0.6) is 5.75 Å². The van der Waals surface area contributed by atoms with Gasteiger partial charge in [0.25, 0.3) is 0 Å². The highest BCUT2D eigenvalue weighted by molar-refractivity contribution is 7.09. The highest BCUT2D eigenvalue weighted by atomic mass is 32.1. The van der Waals surface area contributed by atoms with Crippen LogP contribution in [-0.2, 0) is 6.54 Å². The van der Waals surface area contributed by atoms with Crippen LogP contribution in [0.4, 0.5) is 0 Å². The van der Waals surface area contributed by atoms with E-state index in [1.807, 2.05) is 19.1 Å². The lowest BCUT2D eigenvalue weighted by molar-refractivity contribution is 0.278. The van der Waals surface area contributed by atoms with E-state index in [0.717, 1.165) is 47.1 Å². The number of thiazole rings is 1. The number of hydrogen-bond acceptors (Lipinski definition) is 4. The SMILES string of the molecule is CCCCN(CC)Cc1sc(=O)[nH]c1-c1ccc(OC)c(C)c1. The van der Waals surface area contributed by atoms with Crippen molar-refractivity contribution in [1.82, 2.24) is 9.88 Å². The Labute approximate surface area is 142 Å². The number of H-pyrrole nitrogens is 1. The molecule has 1 heterocycles. The van der Waals surface area contributed by atoms with Crippen LogP contribution in [0.25, 0.3) is 11.3 Å². The normalized spacial score (nSPS) is 11.2. The van der Waals surface area contributed by atoms with Crippen molar-refractivity contribution in [3.8, 4) is 17.0 Å². The number of nitrogens with one attached hydrogen (secondary N) is 1. The fourth-order valence-corrected chi connectivity index (χ4v) is 3.57. The first-order chi connectivity index (χ1) is 11.1. The van der Waals surface area contributed by atoms with Crippen LogP contribution in [0.3, 0.4) is 0 Å². The van der Waals surface area contributed by atoms with Gasteiger partial charge in [0, 0.05) is 11.4 Å². The topological polar surface area (TPSA) is 45.3 Å². The van der Waals surface area contributed by atoms with E-state index in [1.165, 1.54) is 24.2 Å². The Kier molecular flexibility index (Phi) is 6.42. The molecule has 2 rings (SSSR count). The van der Waals surface area contributed by atoms with Gasteiger partial charge in [0.2, 0.25) is 0 Å². The molecule has 1 aromatic heterocycles. The second-order valence-corrected chi connectivity index (χ2v) is 6.79. The summed E-state index contributed by atoms with van der Waals surface area (Å²) in [5, 5.41) is 0. The standard InChI is InChI=1S/C18H26N2O2S/c1-5-7-10-20(6-2)12-16-17(19-18(21)23-16)14-8-9-15(22-4)13(3)11-14/h8-9,11H,5-7,10,12H2,1-4H3,(H,19,21). The number of rotatable bonds is 8. The predicted octanol–water partition coefficient (Wildman–Crippen LogP) is 4.04. The zero-order valence-corrected chi connectivity index (χ0v) is 15.3. The van der Waals surface area contributed by atoms with Crippen LogP contribution in [-0.4, -0.2) is 30.1 Å². The van der Waals surface area contributed by atoms with Gasteiger partial charge < -0.3 is 9.72 Å². The van der Waals surface area contributed by atoms with E-state index >= 15 is 0 Å². The molecule has 0 aliphatic rings. The molecule has 2 aromatic rings.